The van der Waals surface area contributed by atoms with Gasteiger partial charge in [0.15, 0.2) is 4.33 Å². The molecule has 1 aromatic carbocycles. The summed E-state index contributed by atoms with van der Waals surface area (Å²) in [6, 6.07) is 9.75. The van der Waals surface area contributed by atoms with Crippen LogP contribution >= 0.6 is 34.8 Å². The third-order valence-electron chi connectivity index (χ3n) is 2.39. The van der Waals surface area contributed by atoms with Gasteiger partial charge < -0.3 is 5.73 Å². The van der Waals surface area contributed by atoms with Crippen LogP contribution in [0.1, 0.15) is 25.8 Å². The average molecular weight is 306 g/mol. The number of nitrogens with two attached hydrogens (primary N) is 1. The van der Waals surface area contributed by atoms with Crippen LogP contribution in [0.4, 0.5) is 0 Å². The molecule has 0 unspecified atom stereocenters. The Balaban J connectivity index is 3.17. The van der Waals surface area contributed by atoms with Gasteiger partial charge in [0, 0.05) is 0 Å². The van der Waals surface area contributed by atoms with Gasteiger partial charge in [0.1, 0.15) is 11.0 Å². The molecule has 0 heterocycles. The van der Waals surface area contributed by atoms with E-state index in [0.29, 0.717) is 5.16 Å². The topological polar surface area (TPSA) is 38.4 Å². The molecule has 5 heteroatoms. The van der Waals surface area contributed by atoms with E-state index in [9.17, 15) is 0 Å². The summed E-state index contributed by atoms with van der Waals surface area (Å²) in [7, 11) is 0. The number of benzene rings is 1. The molecule has 0 bridgehead atoms. The van der Waals surface area contributed by atoms with Gasteiger partial charge >= 0.3 is 0 Å². The molecule has 0 atom stereocenters. The number of nitrogens with zero attached hydrogens (tertiary/aromatic N) is 1. The van der Waals surface area contributed by atoms with Gasteiger partial charge in [0.05, 0.1) is 0 Å². The summed E-state index contributed by atoms with van der Waals surface area (Å²) in [6.07, 6.45) is 0.737. The van der Waals surface area contributed by atoms with Crippen LogP contribution in [-0.2, 0) is 0 Å². The Morgan fingerprint density at radius 1 is 1.28 bits per heavy atom. The third kappa shape index (κ3) is 4.20. The summed E-state index contributed by atoms with van der Waals surface area (Å²) < 4.78 is -1.23. The van der Waals surface area contributed by atoms with Crippen LogP contribution in [0.25, 0.3) is 5.57 Å². The minimum absolute atomic E-state index is 0.0812. The zero-order valence-electron chi connectivity index (χ0n) is 10.3. The number of amidine groups is 1. The number of halogens is 3. The molecule has 2 N–H and O–H groups in total. The van der Waals surface area contributed by atoms with Gasteiger partial charge in [0.25, 0.3) is 0 Å². The average Bonchev–Trinajstić information content (AvgIpc) is 2.30. The molecule has 0 fully saturated rings. The Morgan fingerprint density at radius 2 is 1.83 bits per heavy atom. The second kappa shape index (κ2) is 6.46. The number of allylic oxidation sites excluding steroid dienone is 1. The van der Waals surface area contributed by atoms with Crippen LogP contribution in [0.3, 0.4) is 0 Å². The molecular weight excluding hydrogens is 291 g/mol. The van der Waals surface area contributed by atoms with Crippen molar-refractivity contribution < 1.29 is 0 Å². The molecule has 0 radical (unpaired) electrons. The SMILES string of the molecule is CC/C(=C(Cl)\N=C(\N)C(C)(Cl)Cl)c1ccccc1. The molecular formula is C13H15Cl3N2. The smallest absolute Gasteiger partial charge is 0.172 e. The Morgan fingerprint density at radius 3 is 2.28 bits per heavy atom. The van der Waals surface area contributed by atoms with E-state index in [4.69, 9.17) is 40.5 Å². The van der Waals surface area contributed by atoms with Crippen LogP contribution in [-0.4, -0.2) is 10.2 Å². The summed E-state index contributed by atoms with van der Waals surface area (Å²) in [6.45, 7) is 3.55. The maximum Gasteiger partial charge on any atom is 0.172 e. The van der Waals surface area contributed by atoms with Crippen molar-refractivity contribution in [3.05, 3.63) is 41.1 Å². The molecule has 18 heavy (non-hydrogen) atoms. The zero-order chi connectivity index (χ0) is 13.8. The van der Waals surface area contributed by atoms with E-state index in [1.54, 1.807) is 6.92 Å². The Labute approximate surface area is 122 Å². The van der Waals surface area contributed by atoms with E-state index in [2.05, 4.69) is 4.99 Å². The Kier molecular flexibility index (Phi) is 5.51. The zero-order valence-corrected chi connectivity index (χ0v) is 12.5. The van der Waals surface area contributed by atoms with E-state index < -0.39 is 4.33 Å². The lowest BCUT2D eigenvalue weighted by Gasteiger charge is -2.13. The Hall–Kier alpha value is -0.700. The minimum atomic E-state index is -1.23. The van der Waals surface area contributed by atoms with Crippen molar-refractivity contribution >= 4 is 46.2 Å². The standard InChI is InChI=1S/C13H15Cl3N2/c1-3-10(9-7-5-4-6-8-9)11(14)18-12(17)13(2,15)16/h4-8H,3H2,1-2H3,(H2,17,18)/b11-10+. The van der Waals surface area contributed by atoms with Crippen molar-refractivity contribution in [2.75, 3.05) is 0 Å². The fourth-order valence-electron chi connectivity index (χ4n) is 1.38. The second-order valence-corrected chi connectivity index (χ2v) is 5.94. The molecule has 0 aromatic heterocycles. The van der Waals surface area contributed by atoms with Crippen LogP contribution < -0.4 is 5.73 Å². The molecule has 1 aromatic rings. The summed E-state index contributed by atoms with van der Waals surface area (Å²) in [5, 5.41) is 0.314. The lowest BCUT2D eigenvalue weighted by molar-refractivity contribution is 1.14. The van der Waals surface area contributed by atoms with Gasteiger partial charge in [-0.2, -0.15) is 0 Å². The van der Waals surface area contributed by atoms with Crippen molar-refractivity contribution in [3.63, 3.8) is 0 Å². The lowest BCUT2D eigenvalue weighted by Crippen LogP contribution is -2.30. The molecule has 0 aliphatic heterocycles. The molecule has 0 amide bonds. The van der Waals surface area contributed by atoms with Gasteiger partial charge in [-0.25, -0.2) is 4.99 Å². The lowest BCUT2D eigenvalue weighted by atomic mass is 10.1. The first-order valence-corrected chi connectivity index (χ1v) is 6.66. The fraction of sp³-hybridized carbons (Fsp3) is 0.308. The van der Waals surface area contributed by atoms with E-state index in [0.717, 1.165) is 17.6 Å². The summed E-state index contributed by atoms with van der Waals surface area (Å²) in [4.78, 5) is 4.07. The predicted molar refractivity (Wildman–Crippen MR) is 81.2 cm³/mol. The number of rotatable bonds is 4. The minimum Gasteiger partial charge on any atom is -0.385 e. The van der Waals surface area contributed by atoms with Crippen molar-refractivity contribution in [2.45, 2.75) is 24.6 Å². The fourth-order valence-corrected chi connectivity index (χ4v) is 1.80. The molecule has 1 rings (SSSR count). The molecule has 2 nitrogen and oxygen atoms in total. The molecule has 0 aliphatic rings. The van der Waals surface area contributed by atoms with Crippen LogP contribution in [0.2, 0.25) is 0 Å². The summed E-state index contributed by atoms with van der Waals surface area (Å²) in [5.74, 6) is 0.0812. The van der Waals surface area contributed by atoms with Gasteiger partial charge in [-0.05, 0) is 24.5 Å². The van der Waals surface area contributed by atoms with E-state index in [1.807, 2.05) is 37.3 Å². The highest BCUT2D eigenvalue weighted by Gasteiger charge is 2.22. The van der Waals surface area contributed by atoms with Crippen molar-refractivity contribution in [1.29, 1.82) is 0 Å². The van der Waals surface area contributed by atoms with Crippen LogP contribution in [0.15, 0.2) is 40.5 Å². The Bertz CT molecular complexity index is 459. The molecule has 0 saturated carbocycles. The predicted octanol–water partition coefficient (Wildman–Crippen LogP) is 4.56. The molecule has 0 saturated heterocycles. The first-order valence-electron chi connectivity index (χ1n) is 5.52. The van der Waals surface area contributed by atoms with Crippen molar-refractivity contribution in [3.8, 4) is 0 Å². The van der Waals surface area contributed by atoms with Crippen molar-refractivity contribution in [1.82, 2.24) is 0 Å². The highest BCUT2D eigenvalue weighted by molar-refractivity contribution is 6.58. The first-order chi connectivity index (χ1) is 8.36. The third-order valence-corrected chi connectivity index (χ3v) is 3.09. The molecule has 0 aliphatic carbocycles. The van der Waals surface area contributed by atoms with Crippen LogP contribution in [0, 0.1) is 0 Å². The highest BCUT2D eigenvalue weighted by atomic mass is 35.5. The van der Waals surface area contributed by atoms with Gasteiger partial charge in [0.2, 0.25) is 0 Å². The monoisotopic (exact) mass is 304 g/mol. The number of alkyl halides is 2. The van der Waals surface area contributed by atoms with Gasteiger partial charge in [-0.15, -0.1) is 0 Å². The largest absolute Gasteiger partial charge is 0.385 e. The molecule has 0 spiro atoms. The number of hydrogen-bond acceptors (Lipinski definition) is 1. The van der Waals surface area contributed by atoms with E-state index in [1.165, 1.54) is 0 Å². The summed E-state index contributed by atoms with van der Waals surface area (Å²) >= 11 is 17.9. The maximum atomic E-state index is 6.18. The van der Waals surface area contributed by atoms with Gasteiger partial charge in [-0.3, -0.25) is 0 Å². The van der Waals surface area contributed by atoms with E-state index in [-0.39, 0.29) is 5.84 Å². The van der Waals surface area contributed by atoms with Crippen molar-refractivity contribution in [2.24, 2.45) is 10.7 Å². The number of aliphatic imine (C=N–C) groups is 1. The summed E-state index contributed by atoms with van der Waals surface area (Å²) in [5.41, 5.74) is 7.60. The first kappa shape index (κ1) is 15.4. The number of hydrogen-bond donors (Lipinski definition) is 1. The molecule has 98 valence electrons. The van der Waals surface area contributed by atoms with E-state index >= 15 is 0 Å². The maximum absolute atomic E-state index is 6.18. The normalized spacial score (nSPS) is 14.4. The van der Waals surface area contributed by atoms with Gasteiger partial charge in [-0.1, -0.05) is 72.1 Å². The second-order valence-electron chi connectivity index (χ2n) is 3.87. The quantitative estimate of drug-likeness (QED) is 0.377. The highest BCUT2D eigenvalue weighted by Crippen LogP contribution is 2.27. The van der Waals surface area contributed by atoms with Crippen LogP contribution in [0.5, 0.6) is 0 Å².